The Morgan fingerprint density at radius 3 is 2.78 bits per heavy atom. The number of carboxylic acid groups (broad SMARTS) is 1. The number of aromatic nitrogens is 5. The van der Waals surface area contributed by atoms with Crippen LogP contribution in [0, 0.1) is 23.5 Å². The fraction of sp³-hybridized carbons (Fsp3) is 0.364. The third-order valence-corrected chi connectivity index (χ3v) is 10.0. The van der Waals surface area contributed by atoms with Crippen molar-refractivity contribution < 1.29 is 23.4 Å². The maximum atomic E-state index is 15.9. The summed E-state index contributed by atoms with van der Waals surface area (Å²) in [6.07, 6.45) is 4.83. The molecule has 3 N–H and O–H groups in total. The van der Waals surface area contributed by atoms with E-state index in [1.807, 2.05) is 0 Å². The lowest BCUT2D eigenvalue weighted by molar-refractivity contribution is -0.0368. The number of H-pyrrole nitrogens is 1. The molecular weight excluding hydrogens is 596 g/mol. The number of hydrogen-bond donors (Lipinski definition) is 3. The van der Waals surface area contributed by atoms with E-state index in [9.17, 15) is 14.7 Å². The molecule has 2 saturated heterocycles. The van der Waals surface area contributed by atoms with Crippen LogP contribution < -0.4 is 15.8 Å². The van der Waals surface area contributed by atoms with E-state index in [4.69, 9.17) is 19.8 Å². The molecule has 3 fully saturated rings. The Bertz CT molecular complexity index is 2060. The van der Waals surface area contributed by atoms with Gasteiger partial charge in [0.05, 0.1) is 6.20 Å². The van der Waals surface area contributed by atoms with Gasteiger partial charge >= 0.3 is 6.09 Å². The van der Waals surface area contributed by atoms with Crippen molar-refractivity contribution in [2.75, 3.05) is 31.1 Å². The highest BCUT2D eigenvalue weighted by Gasteiger charge is 2.67. The molecule has 1 unspecified atom stereocenters. The number of benzene rings is 2. The van der Waals surface area contributed by atoms with E-state index in [0.717, 1.165) is 19.3 Å². The van der Waals surface area contributed by atoms with E-state index in [2.05, 4.69) is 15.2 Å². The Labute approximate surface area is 261 Å². The number of nitrogens with one attached hydrogen (secondary N) is 2. The van der Waals surface area contributed by atoms with Crippen LogP contribution in [0.5, 0.6) is 0 Å². The quantitative estimate of drug-likeness (QED) is 0.240. The number of anilines is 1. The number of ether oxygens (including phenoxy) is 1. The summed E-state index contributed by atoms with van der Waals surface area (Å²) in [6.45, 7) is 1.85. The van der Waals surface area contributed by atoms with Crippen LogP contribution >= 0.6 is 0 Å². The first kappa shape index (κ1) is 28.6. The molecule has 0 spiro atoms. The van der Waals surface area contributed by atoms with Crippen LogP contribution in [0.1, 0.15) is 37.5 Å². The molecule has 2 aromatic carbocycles. The lowest BCUT2D eigenvalue weighted by atomic mass is 9.90. The minimum Gasteiger partial charge on any atom is -0.465 e. The van der Waals surface area contributed by atoms with Crippen molar-refractivity contribution in [3.05, 3.63) is 82.4 Å². The second-order valence-corrected chi connectivity index (χ2v) is 12.3. The summed E-state index contributed by atoms with van der Waals surface area (Å²) in [6, 6.07) is 11.2. The molecule has 8 rings (SSSR count). The van der Waals surface area contributed by atoms with Crippen molar-refractivity contribution in [2.45, 2.75) is 37.3 Å². The molecule has 3 aliphatic rings. The van der Waals surface area contributed by atoms with Crippen molar-refractivity contribution in [1.82, 2.24) is 30.0 Å². The number of pyridine rings is 1. The molecule has 0 bridgehead atoms. The smallest absolute Gasteiger partial charge is 0.404 e. The van der Waals surface area contributed by atoms with Gasteiger partial charge in [0.1, 0.15) is 28.7 Å². The van der Waals surface area contributed by atoms with Crippen LogP contribution in [0.15, 0.2) is 59.7 Å². The van der Waals surface area contributed by atoms with Crippen LogP contribution in [-0.4, -0.2) is 62.2 Å². The van der Waals surface area contributed by atoms with Gasteiger partial charge in [0.2, 0.25) is 0 Å². The van der Waals surface area contributed by atoms with Gasteiger partial charge < -0.3 is 25.0 Å². The van der Waals surface area contributed by atoms with Gasteiger partial charge in [-0.2, -0.15) is 5.10 Å². The SMILES string of the molecule is O=C(O)NC[C@]1(c2ccccc2F)[C@@H]2CCN(c3cnc4c(-c5ccc6c(=O)[nH]ccc6c5F)nn(C5CCCCO5)c4n3)C[C@@H]21. The number of hydrogen-bond acceptors (Lipinski definition) is 7. The number of nitrogens with zero attached hydrogens (tertiary/aromatic N) is 5. The van der Waals surface area contributed by atoms with Gasteiger partial charge in [-0.25, -0.2) is 28.2 Å². The van der Waals surface area contributed by atoms with E-state index >= 15 is 8.78 Å². The fourth-order valence-electron chi connectivity index (χ4n) is 7.77. The number of piperidine rings is 1. The highest BCUT2D eigenvalue weighted by atomic mass is 19.1. The van der Waals surface area contributed by atoms with E-state index in [-0.39, 0.29) is 46.1 Å². The van der Waals surface area contributed by atoms with Gasteiger partial charge in [0.25, 0.3) is 5.56 Å². The highest BCUT2D eigenvalue weighted by molar-refractivity contribution is 5.93. The zero-order chi connectivity index (χ0) is 31.6. The predicted molar refractivity (Wildman–Crippen MR) is 166 cm³/mol. The van der Waals surface area contributed by atoms with Crippen molar-refractivity contribution in [1.29, 1.82) is 0 Å². The number of halogens is 2. The summed E-state index contributed by atoms with van der Waals surface area (Å²) in [5, 5.41) is 17.2. The van der Waals surface area contributed by atoms with Crippen molar-refractivity contribution in [3.63, 3.8) is 0 Å². The summed E-state index contributed by atoms with van der Waals surface area (Å²) in [4.78, 5) is 38.2. The molecule has 0 radical (unpaired) electrons. The zero-order valence-corrected chi connectivity index (χ0v) is 24.7. The number of rotatable bonds is 6. The molecule has 4 atom stereocenters. The van der Waals surface area contributed by atoms with Crippen LogP contribution in [0.2, 0.25) is 0 Å². The molecule has 1 aliphatic carbocycles. The average Bonchev–Trinajstić information content (AvgIpc) is 3.56. The molecule has 1 amide bonds. The molecule has 2 aliphatic heterocycles. The standard InChI is InChI=1S/C33H31F2N7O4/c34-24-6-2-1-5-22(24)33(17-38-32(44)45)21-11-13-41(16-23(21)33)25-15-37-29-28(40-42(30(29)39-25)26-7-3-4-14-46-26)20-9-8-19-18(27(20)35)10-12-36-31(19)43/h1-2,5-6,8-10,12,15,21,23,26,38H,3-4,7,11,13-14,16-17H2,(H,36,43)(H,44,45)/t21-,23+,26?,33-/m1/s1. The zero-order valence-electron chi connectivity index (χ0n) is 24.7. The first-order valence-corrected chi connectivity index (χ1v) is 15.5. The molecule has 13 heteroatoms. The number of aromatic amines is 1. The molecular formula is C33H31F2N7O4. The summed E-state index contributed by atoms with van der Waals surface area (Å²) < 4.78 is 38.8. The third kappa shape index (κ3) is 4.43. The predicted octanol–water partition coefficient (Wildman–Crippen LogP) is 4.97. The summed E-state index contributed by atoms with van der Waals surface area (Å²) in [5.41, 5.74) is 0.871. The summed E-state index contributed by atoms with van der Waals surface area (Å²) >= 11 is 0. The van der Waals surface area contributed by atoms with Crippen LogP contribution in [0.4, 0.5) is 19.4 Å². The monoisotopic (exact) mass is 627 g/mol. The van der Waals surface area contributed by atoms with E-state index in [1.165, 1.54) is 18.3 Å². The van der Waals surface area contributed by atoms with Gasteiger partial charge in [-0.15, -0.1) is 0 Å². The Balaban J connectivity index is 1.18. The van der Waals surface area contributed by atoms with E-state index < -0.39 is 23.6 Å². The Kier molecular flexibility index (Phi) is 6.74. The lowest BCUT2D eigenvalue weighted by Gasteiger charge is -2.27. The number of fused-ring (bicyclic) bond motifs is 3. The van der Waals surface area contributed by atoms with E-state index in [1.54, 1.807) is 41.2 Å². The molecule has 11 nitrogen and oxygen atoms in total. The Hall–Kier alpha value is -4.91. The lowest BCUT2D eigenvalue weighted by Crippen LogP contribution is -2.35. The first-order valence-electron chi connectivity index (χ1n) is 15.5. The molecule has 5 heterocycles. The molecule has 1 saturated carbocycles. The summed E-state index contributed by atoms with van der Waals surface area (Å²) in [7, 11) is 0. The van der Waals surface area contributed by atoms with Gasteiger partial charge in [-0.1, -0.05) is 18.2 Å². The average molecular weight is 628 g/mol. The van der Waals surface area contributed by atoms with Crippen molar-refractivity contribution in [3.8, 4) is 11.3 Å². The van der Waals surface area contributed by atoms with Crippen molar-refractivity contribution >= 4 is 33.8 Å². The number of amides is 1. The van der Waals surface area contributed by atoms with Gasteiger partial charge in [-0.05, 0) is 67.3 Å². The molecule has 3 aromatic heterocycles. The second-order valence-electron chi connectivity index (χ2n) is 12.3. The Morgan fingerprint density at radius 2 is 1.98 bits per heavy atom. The maximum absolute atomic E-state index is 15.9. The minimum atomic E-state index is -1.14. The normalized spacial score (nSPS) is 24.2. The van der Waals surface area contributed by atoms with E-state index in [0.29, 0.717) is 54.4 Å². The van der Waals surface area contributed by atoms with Crippen LogP contribution in [-0.2, 0) is 10.2 Å². The maximum Gasteiger partial charge on any atom is 0.404 e. The minimum absolute atomic E-state index is 0.000470. The summed E-state index contributed by atoms with van der Waals surface area (Å²) in [5.74, 6) is -0.202. The first-order chi connectivity index (χ1) is 22.4. The molecule has 5 aromatic rings. The fourth-order valence-corrected chi connectivity index (χ4v) is 7.77. The van der Waals surface area contributed by atoms with Gasteiger partial charge in [0.15, 0.2) is 11.9 Å². The number of carbonyl (C=O) groups is 1. The largest absolute Gasteiger partial charge is 0.465 e. The van der Waals surface area contributed by atoms with Gasteiger partial charge in [0, 0.05) is 54.2 Å². The molecule has 236 valence electrons. The van der Waals surface area contributed by atoms with Gasteiger partial charge in [-0.3, -0.25) is 4.79 Å². The molecule has 46 heavy (non-hydrogen) atoms. The van der Waals surface area contributed by atoms with Crippen molar-refractivity contribution in [2.24, 2.45) is 11.8 Å². The second kappa shape index (κ2) is 10.9. The third-order valence-electron chi connectivity index (χ3n) is 10.0. The van der Waals surface area contributed by atoms with Crippen LogP contribution in [0.3, 0.4) is 0 Å². The topological polar surface area (TPSA) is 138 Å². The highest BCUT2D eigenvalue weighted by Crippen LogP contribution is 2.63. The Morgan fingerprint density at radius 1 is 1.11 bits per heavy atom. The van der Waals surface area contributed by atoms with Crippen LogP contribution in [0.25, 0.3) is 33.2 Å².